The lowest BCUT2D eigenvalue weighted by molar-refractivity contribution is -0.285. The molecule has 3 rings (SSSR count). The topological polar surface area (TPSA) is 121 Å². The zero-order valence-corrected chi connectivity index (χ0v) is 22.5. The maximum absolute atomic E-state index is 12.9. The molecule has 3 aliphatic heterocycles. The Morgan fingerprint density at radius 3 is 2.49 bits per heavy atom. The van der Waals surface area contributed by atoms with E-state index >= 15 is 0 Å². The fourth-order valence-electron chi connectivity index (χ4n) is 6.12. The summed E-state index contributed by atoms with van der Waals surface area (Å²) in [5, 5.41) is 25.6. The summed E-state index contributed by atoms with van der Waals surface area (Å²) in [6.07, 6.45) is -1.25. The Hall–Kier alpha value is -1.30. The van der Waals surface area contributed by atoms with Crippen molar-refractivity contribution >= 4 is 11.8 Å². The van der Waals surface area contributed by atoms with Crippen molar-refractivity contribution in [2.45, 2.75) is 95.9 Å². The number of aliphatic hydroxyl groups is 2. The molecule has 10 heteroatoms. The minimum absolute atomic E-state index is 0.0277. The van der Waals surface area contributed by atoms with Crippen molar-refractivity contribution in [3.63, 3.8) is 0 Å². The molecular formula is C25H45N3O7. The number of hydrogen-bond acceptors (Lipinski definition) is 8. The molecule has 3 fully saturated rings. The van der Waals surface area contributed by atoms with Gasteiger partial charge in [-0.2, -0.15) is 0 Å². The van der Waals surface area contributed by atoms with E-state index < -0.39 is 41.7 Å². The van der Waals surface area contributed by atoms with Gasteiger partial charge in [0, 0.05) is 38.5 Å². The van der Waals surface area contributed by atoms with Gasteiger partial charge in [0.15, 0.2) is 12.1 Å². The van der Waals surface area contributed by atoms with Crippen molar-refractivity contribution in [3.05, 3.63) is 0 Å². The second kappa shape index (κ2) is 10.6. The van der Waals surface area contributed by atoms with Crippen LogP contribution in [-0.2, 0) is 23.8 Å². The lowest BCUT2D eigenvalue weighted by Gasteiger charge is -2.44. The van der Waals surface area contributed by atoms with Crippen molar-refractivity contribution < 1.29 is 34.0 Å². The first kappa shape index (κ1) is 28.3. The minimum Gasteiger partial charge on any atom is -0.386 e. The van der Waals surface area contributed by atoms with Gasteiger partial charge in [-0.1, -0.05) is 13.8 Å². The number of ether oxygens (including phenoxy) is 3. The predicted molar refractivity (Wildman–Crippen MR) is 129 cm³/mol. The smallest absolute Gasteiger partial charge is 0.228 e. The zero-order valence-electron chi connectivity index (χ0n) is 22.5. The monoisotopic (exact) mass is 499 g/mol. The maximum atomic E-state index is 12.9. The molecule has 2 bridgehead atoms. The van der Waals surface area contributed by atoms with E-state index in [1.807, 2.05) is 46.7 Å². The molecule has 3 aliphatic rings. The number of nitrogens with one attached hydrogen (secondary N) is 1. The summed E-state index contributed by atoms with van der Waals surface area (Å²) < 4.78 is 18.9. The van der Waals surface area contributed by atoms with E-state index in [0.29, 0.717) is 19.4 Å². The first-order chi connectivity index (χ1) is 16.2. The molecule has 3 heterocycles. The Morgan fingerprint density at radius 2 is 1.86 bits per heavy atom. The molecule has 202 valence electrons. The molecule has 0 aliphatic carbocycles. The van der Waals surface area contributed by atoms with Crippen molar-refractivity contribution in [2.75, 3.05) is 34.2 Å². The summed E-state index contributed by atoms with van der Waals surface area (Å²) in [6.45, 7) is 9.98. The van der Waals surface area contributed by atoms with E-state index in [1.165, 1.54) is 0 Å². The van der Waals surface area contributed by atoms with Gasteiger partial charge in [-0.15, -0.1) is 0 Å². The molecule has 0 aromatic rings. The Bertz CT molecular complexity index is 782. The first-order valence-electron chi connectivity index (χ1n) is 12.8. The standard InChI is InChI=1S/C25H45N3O7/c1-14-12-24(5)21(34-23-20(30)18(27(6)7)11-15(2)33-23)16(3)25(32,35-24)17(4)22(31)26-10-9-19(29)28(8)13-14/h14-18,20-21,23,30,32H,9-13H2,1-8H3,(H,26,31)/t14-,15-,16-,17+,18+,20-,21-,23+,24?,25+/m1/s1. The highest BCUT2D eigenvalue weighted by Gasteiger charge is 2.63. The Labute approximate surface area is 209 Å². The third-order valence-electron chi connectivity index (χ3n) is 8.08. The third-order valence-corrected chi connectivity index (χ3v) is 8.08. The van der Waals surface area contributed by atoms with Crippen LogP contribution in [0.15, 0.2) is 0 Å². The van der Waals surface area contributed by atoms with Crippen molar-refractivity contribution in [3.8, 4) is 0 Å². The van der Waals surface area contributed by atoms with E-state index in [1.54, 1.807) is 18.9 Å². The van der Waals surface area contributed by atoms with Crippen LogP contribution >= 0.6 is 0 Å². The van der Waals surface area contributed by atoms with Gasteiger partial charge >= 0.3 is 0 Å². The number of nitrogens with zero attached hydrogens (tertiary/aromatic N) is 2. The Balaban J connectivity index is 1.95. The molecular weight excluding hydrogens is 454 g/mol. The van der Waals surface area contributed by atoms with Crippen LogP contribution in [0.1, 0.15) is 53.9 Å². The van der Waals surface area contributed by atoms with Crippen LogP contribution in [0.4, 0.5) is 0 Å². The molecule has 0 saturated carbocycles. The SMILES string of the molecule is C[C@H]1CN(C)C(=O)CCNC(=O)[C@H](C)[C@@]2(O)OC(C)(C1)[C@H](O[C@@H]1O[C@H](C)C[C@H](N(C)C)[C@H]1O)[C@H]2C. The van der Waals surface area contributed by atoms with Crippen LogP contribution in [0.2, 0.25) is 0 Å². The van der Waals surface area contributed by atoms with Gasteiger partial charge in [0.25, 0.3) is 0 Å². The van der Waals surface area contributed by atoms with E-state index in [-0.39, 0.29) is 42.8 Å². The summed E-state index contributed by atoms with van der Waals surface area (Å²) >= 11 is 0. The summed E-state index contributed by atoms with van der Waals surface area (Å²) in [7, 11) is 5.58. The summed E-state index contributed by atoms with van der Waals surface area (Å²) in [6, 6.07) is -0.146. The van der Waals surface area contributed by atoms with Crippen molar-refractivity contribution in [2.24, 2.45) is 17.8 Å². The molecule has 0 aromatic heterocycles. The normalized spacial score (nSPS) is 46.1. The predicted octanol–water partition coefficient (Wildman–Crippen LogP) is 0.552. The molecule has 35 heavy (non-hydrogen) atoms. The molecule has 3 N–H and O–H groups in total. The van der Waals surface area contributed by atoms with Crippen LogP contribution < -0.4 is 5.32 Å². The van der Waals surface area contributed by atoms with E-state index in [9.17, 15) is 19.8 Å². The largest absolute Gasteiger partial charge is 0.386 e. The quantitative estimate of drug-likeness (QED) is 0.515. The number of fused-ring (bicyclic) bond motifs is 2. The average Bonchev–Trinajstić information content (AvgIpc) is 2.94. The molecule has 0 aromatic carbocycles. The van der Waals surface area contributed by atoms with Gasteiger partial charge in [-0.3, -0.25) is 9.59 Å². The van der Waals surface area contributed by atoms with Crippen LogP contribution in [-0.4, -0.2) is 108 Å². The minimum atomic E-state index is -1.79. The molecule has 10 atom stereocenters. The second-order valence-electron chi connectivity index (χ2n) is 11.4. The third kappa shape index (κ3) is 5.67. The highest BCUT2D eigenvalue weighted by molar-refractivity contribution is 5.81. The zero-order chi connectivity index (χ0) is 26.3. The number of amides is 2. The lowest BCUT2D eigenvalue weighted by atomic mass is 9.80. The van der Waals surface area contributed by atoms with Crippen LogP contribution in [0.3, 0.4) is 0 Å². The fraction of sp³-hybridized carbons (Fsp3) is 0.920. The second-order valence-corrected chi connectivity index (χ2v) is 11.4. The molecule has 2 amide bonds. The van der Waals surface area contributed by atoms with Crippen LogP contribution in [0.25, 0.3) is 0 Å². The molecule has 0 spiro atoms. The van der Waals surface area contributed by atoms with Crippen LogP contribution in [0.5, 0.6) is 0 Å². The van der Waals surface area contributed by atoms with E-state index in [4.69, 9.17) is 14.2 Å². The maximum Gasteiger partial charge on any atom is 0.228 e. The lowest BCUT2D eigenvalue weighted by Crippen LogP contribution is -2.57. The van der Waals surface area contributed by atoms with Gasteiger partial charge in [0.05, 0.1) is 23.7 Å². The molecule has 10 nitrogen and oxygen atoms in total. The van der Waals surface area contributed by atoms with Crippen LogP contribution in [0, 0.1) is 17.8 Å². The molecule has 0 radical (unpaired) electrons. The van der Waals surface area contributed by atoms with Gasteiger partial charge in [-0.05, 0) is 53.6 Å². The number of hydrogen-bond donors (Lipinski definition) is 3. The summed E-state index contributed by atoms with van der Waals surface area (Å²) in [5.41, 5.74) is -0.989. The highest BCUT2D eigenvalue weighted by Crippen LogP contribution is 2.50. The van der Waals surface area contributed by atoms with Gasteiger partial charge in [-0.25, -0.2) is 0 Å². The highest BCUT2D eigenvalue weighted by atomic mass is 16.7. The molecule has 3 saturated heterocycles. The Kier molecular flexibility index (Phi) is 8.56. The van der Waals surface area contributed by atoms with Gasteiger partial charge in [0.1, 0.15) is 6.10 Å². The van der Waals surface area contributed by atoms with E-state index in [2.05, 4.69) is 5.32 Å². The summed E-state index contributed by atoms with van der Waals surface area (Å²) in [5.74, 6) is -3.70. The number of rotatable bonds is 3. The number of carbonyl (C=O) groups is 2. The van der Waals surface area contributed by atoms with Gasteiger partial charge < -0.3 is 39.5 Å². The average molecular weight is 500 g/mol. The van der Waals surface area contributed by atoms with Crippen molar-refractivity contribution in [1.29, 1.82) is 0 Å². The molecule has 1 unspecified atom stereocenters. The summed E-state index contributed by atoms with van der Waals surface area (Å²) in [4.78, 5) is 29.1. The number of carbonyl (C=O) groups excluding carboxylic acids is 2. The van der Waals surface area contributed by atoms with Gasteiger partial charge in [0.2, 0.25) is 11.8 Å². The fourth-order valence-corrected chi connectivity index (χ4v) is 6.12. The van der Waals surface area contributed by atoms with E-state index in [0.717, 1.165) is 0 Å². The first-order valence-corrected chi connectivity index (χ1v) is 12.8. The Morgan fingerprint density at radius 1 is 1.20 bits per heavy atom. The number of likely N-dealkylation sites (N-methyl/N-ethyl adjacent to an activating group) is 1. The number of aliphatic hydroxyl groups excluding tert-OH is 1. The van der Waals surface area contributed by atoms with Crippen molar-refractivity contribution in [1.82, 2.24) is 15.1 Å².